The Morgan fingerprint density at radius 1 is 1.09 bits per heavy atom. The second-order valence-corrected chi connectivity index (χ2v) is 6.57. The number of aryl methyl sites for hydroxylation is 2. The first-order chi connectivity index (χ1) is 10.5. The number of hydrogen-bond acceptors (Lipinski definition) is 6. The van der Waals surface area contributed by atoms with E-state index in [1.165, 1.54) is 4.88 Å². The molecule has 7 heteroatoms. The molecule has 0 saturated carbocycles. The molecule has 1 aromatic carbocycles. The SMILES string of the molecule is Cc1nc(N2CCN(c3ccc([N+](=O)[O-])cc3)CC2)sc1C. The van der Waals surface area contributed by atoms with E-state index in [-0.39, 0.29) is 10.6 Å². The molecule has 2 heterocycles. The van der Waals surface area contributed by atoms with Crippen LogP contribution in [0.15, 0.2) is 24.3 Å². The average Bonchev–Trinajstić information content (AvgIpc) is 2.87. The van der Waals surface area contributed by atoms with Gasteiger partial charge in [0.25, 0.3) is 5.69 Å². The van der Waals surface area contributed by atoms with Crippen LogP contribution in [0.25, 0.3) is 0 Å². The lowest BCUT2D eigenvalue weighted by Gasteiger charge is -2.35. The summed E-state index contributed by atoms with van der Waals surface area (Å²) in [6.07, 6.45) is 0. The fraction of sp³-hybridized carbons (Fsp3) is 0.400. The number of aromatic nitrogens is 1. The molecule has 22 heavy (non-hydrogen) atoms. The summed E-state index contributed by atoms with van der Waals surface area (Å²) in [5.74, 6) is 0. The third-order valence-corrected chi connectivity index (χ3v) is 5.13. The van der Waals surface area contributed by atoms with E-state index in [1.807, 2.05) is 19.1 Å². The van der Waals surface area contributed by atoms with Crippen molar-refractivity contribution in [1.29, 1.82) is 0 Å². The van der Waals surface area contributed by atoms with Gasteiger partial charge in [-0.3, -0.25) is 10.1 Å². The van der Waals surface area contributed by atoms with E-state index in [2.05, 4.69) is 21.7 Å². The molecule has 0 N–H and O–H groups in total. The van der Waals surface area contributed by atoms with Crippen LogP contribution in [0.1, 0.15) is 10.6 Å². The molecule has 1 saturated heterocycles. The van der Waals surface area contributed by atoms with E-state index in [1.54, 1.807) is 23.5 Å². The quantitative estimate of drug-likeness (QED) is 0.643. The van der Waals surface area contributed by atoms with Gasteiger partial charge in [-0.05, 0) is 26.0 Å². The topological polar surface area (TPSA) is 62.5 Å². The highest BCUT2D eigenvalue weighted by molar-refractivity contribution is 7.15. The van der Waals surface area contributed by atoms with Crippen LogP contribution >= 0.6 is 11.3 Å². The van der Waals surface area contributed by atoms with Crippen LogP contribution < -0.4 is 9.80 Å². The van der Waals surface area contributed by atoms with Crippen molar-refractivity contribution in [2.24, 2.45) is 0 Å². The summed E-state index contributed by atoms with van der Waals surface area (Å²) in [6.45, 7) is 7.78. The Morgan fingerprint density at radius 2 is 1.68 bits per heavy atom. The molecule has 1 aliphatic rings. The summed E-state index contributed by atoms with van der Waals surface area (Å²) in [6, 6.07) is 6.78. The summed E-state index contributed by atoms with van der Waals surface area (Å²) in [4.78, 5) is 20.8. The van der Waals surface area contributed by atoms with Crippen molar-refractivity contribution >= 4 is 27.8 Å². The number of hydrogen-bond donors (Lipinski definition) is 0. The van der Waals surface area contributed by atoms with E-state index in [0.29, 0.717) is 0 Å². The molecule has 0 radical (unpaired) electrons. The number of nitro groups is 1. The van der Waals surface area contributed by atoms with Gasteiger partial charge in [0.2, 0.25) is 0 Å². The maximum absolute atomic E-state index is 10.7. The second kappa shape index (κ2) is 5.92. The smallest absolute Gasteiger partial charge is 0.269 e. The standard InChI is InChI=1S/C15H18N4O2S/c1-11-12(2)22-15(16-11)18-9-7-17(8-10-18)13-3-5-14(6-4-13)19(20)21/h3-6H,7-10H2,1-2H3. The highest BCUT2D eigenvalue weighted by Gasteiger charge is 2.20. The van der Waals surface area contributed by atoms with Gasteiger partial charge in [0.05, 0.1) is 10.6 Å². The predicted molar refractivity (Wildman–Crippen MR) is 89.1 cm³/mol. The number of piperazine rings is 1. The average molecular weight is 318 g/mol. The Bertz CT molecular complexity index is 656. The van der Waals surface area contributed by atoms with Crippen LogP contribution in [0.4, 0.5) is 16.5 Å². The molecule has 0 atom stereocenters. The first-order valence-corrected chi connectivity index (χ1v) is 8.04. The van der Waals surface area contributed by atoms with E-state index in [9.17, 15) is 10.1 Å². The molecule has 0 spiro atoms. The molecule has 0 unspecified atom stereocenters. The normalized spacial score (nSPS) is 15.2. The van der Waals surface area contributed by atoms with Crippen molar-refractivity contribution in [1.82, 2.24) is 4.98 Å². The van der Waals surface area contributed by atoms with Crippen molar-refractivity contribution in [2.75, 3.05) is 36.0 Å². The van der Waals surface area contributed by atoms with E-state index < -0.39 is 0 Å². The number of anilines is 2. The van der Waals surface area contributed by atoms with Crippen LogP contribution in [0.3, 0.4) is 0 Å². The molecule has 0 bridgehead atoms. The van der Waals surface area contributed by atoms with Crippen molar-refractivity contribution < 1.29 is 4.92 Å². The van der Waals surface area contributed by atoms with Crippen LogP contribution in [0, 0.1) is 24.0 Å². The van der Waals surface area contributed by atoms with Crippen LogP contribution in [0.2, 0.25) is 0 Å². The van der Waals surface area contributed by atoms with Crippen LogP contribution in [-0.4, -0.2) is 36.1 Å². The molecule has 1 fully saturated rings. The first kappa shape index (κ1) is 14.8. The lowest BCUT2D eigenvalue weighted by Crippen LogP contribution is -2.46. The Hall–Kier alpha value is -2.15. The first-order valence-electron chi connectivity index (χ1n) is 7.23. The minimum absolute atomic E-state index is 0.135. The molecular formula is C15H18N4O2S. The predicted octanol–water partition coefficient (Wildman–Crippen LogP) is 2.99. The van der Waals surface area contributed by atoms with Crippen molar-refractivity contribution in [3.63, 3.8) is 0 Å². The van der Waals surface area contributed by atoms with Gasteiger partial charge >= 0.3 is 0 Å². The fourth-order valence-corrected chi connectivity index (χ4v) is 3.49. The Balaban J connectivity index is 1.65. The molecule has 0 amide bonds. The Labute approximate surface area is 133 Å². The van der Waals surface area contributed by atoms with Gasteiger partial charge in [0.15, 0.2) is 5.13 Å². The minimum atomic E-state index is -0.366. The summed E-state index contributed by atoms with van der Waals surface area (Å²) in [5.41, 5.74) is 2.28. The zero-order valence-electron chi connectivity index (χ0n) is 12.7. The van der Waals surface area contributed by atoms with Crippen molar-refractivity contribution in [2.45, 2.75) is 13.8 Å². The van der Waals surface area contributed by atoms with Gasteiger partial charge in [0, 0.05) is 48.9 Å². The van der Waals surface area contributed by atoms with Gasteiger partial charge in [-0.25, -0.2) is 4.98 Å². The summed E-state index contributed by atoms with van der Waals surface area (Å²) in [7, 11) is 0. The van der Waals surface area contributed by atoms with Gasteiger partial charge < -0.3 is 9.80 Å². The Kier molecular flexibility index (Phi) is 3.98. The van der Waals surface area contributed by atoms with Gasteiger partial charge in [-0.15, -0.1) is 11.3 Å². The number of benzene rings is 1. The molecule has 6 nitrogen and oxygen atoms in total. The summed E-state index contributed by atoms with van der Waals surface area (Å²) >= 11 is 1.74. The van der Waals surface area contributed by atoms with Crippen molar-refractivity contribution in [3.8, 4) is 0 Å². The summed E-state index contributed by atoms with van der Waals surface area (Å²) < 4.78 is 0. The fourth-order valence-electron chi connectivity index (χ4n) is 2.53. The summed E-state index contributed by atoms with van der Waals surface area (Å²) in [5, 5.41) is 11.8. The Morgan fingerprint density at radius 3 is 2.18 bits per heavy atom. The van der Waals surface area contributed by atoms with E-state index >= 15 is 0 Å². The van der Waals surface area contributed by atoms with Crippen LogP contribution in [0.5, 0.6) is 0 Å². The maximum Gasteiger partial charge on any atom is 0.269 e. The highest BCUT2D eigenvalue weighted by Crippen LogP contribution is 2.27. The van der Waals surface area contributed by atoms with Gasteiger partial charge in [0.1, 0.15) is 0 Å². The lowest BCUT2D eigenvalue weighted by molar-refractivity contribution is -0.384. The lowest BCUT2D eigenvalue weighted by atomic mass is 10.2. The number of rotatable bonds is 3. The van der Waals surface area contributed by atoms with Gasteiger partial charge in [-0.1, -0.05) is 0 Å². The zero-order valence-corrected chi connectivity index (χ0v) is 13.5. The van der Waals surface area contributed by atoms with E-state index in [4.69, 9.17) is 0 Å². The maximum atomic E-state index is 10.7. The van der Waals surface area contributed by atoms with E-state index in [0.717, 1.165) is 42.7 Å². The van der Waals surface area contributed by atoms with Gasteiger partial charge in [-0.2, -0.15) is 0 Å². The molecule has 1 aromatic heterocycles. The molecule has 1 aliphatic heterocycles. The number of non-ortho nitro benzene ring substituents is 1. The molecule has 116 valence electrons. The minimum Gasteiger partial charge on any atom is -0.368 e. The largest absolute Gasteiger partial charge is 0.368 e. The number of nitrogens with zero attached hydrogens (tertiary/aromatic N) is 4. The second-order valence-electron chi connectivity index (χ2n) is 5.39. The van der Waals surface area contributed by atoms with Crippen LogP contribution in [-0.2, 0) is 0 Å². The molecular weight excluding hydrogens is 300 g/mol. The molecule has 0 aliphatic carbocycles. The number of nitro benzene ring substituents is 1. The third-order valence-electron chi connectivity index (χ3n) is 3.99. The molecule has 2 aromatic rings. The zero-order chi connectivity index (χ0) is 15.7. The van der Waals surface area contributed by atoms with Crippen molar-refractivity contribution in [3.05, 3.63) is 45.0 Å². The monoisotopic (exact) mass is 318 g/mol. The number of thiazole rings is 1. The highest BCUT2D eigenvalue weighted by atomic mass is 32.1. The third kappa shape index (κ3) is 2.89. The molecule has 3 rings (SSSR count).